The smallest absolute Gasteiger partial charge is 0.196 e. The fourth-order valence-electron chi connectivity index (χ4n) is 2.19. The Morgan fingerprint density at radius 1 is 1.09 bits per heavy atom. The summed E-state index contributed by atoms with van der Waals surface area (Å²) in [4.78, 5) is 16.9. The normalized spacial score (nSPS) is 10.7. The zero-order valence-corrected chi connectivity index (χ0v) is 13.2. The molecular weight excluding hydrogens is 321 g/mol. The predicted octanol–water partition coefficient (Wildman–Crippen LogP) is 4.78. The van der Waals surface area contributed by atoms with Gasteiger partial charge in [-0.1, -0.05) is 23.2 Å². The van der Waals surface area contributed by atoms with Gasteiger partial charge in [0.2, 0.25) is 0 Å². The van der Waals surface area contributed by atoms with E-state index in [1.165, 1.54) is 6.20 Å². The summed E-state index contributed by atoms with van der Waals surface area (Å²) in [5.41, 5.74) is 1.56. The maximum Gasteiger partial charge on any atom is 0.196 e. The number of methoxy groups -OCH3 is 1. The van der Waals surface area contributed by atoms with Crippen LogP contribution in [0.5, 0.6) is 5.75 Å². The van der Waals surface area contributed by atoms with Crippen LogP contribution in [0, 0.1) is 0 Å². The van der Waals surface area contributed by atoms with Gasteiger partial charge in [-0.05, 0) is 42.5 Å². The highest BCUT2D eigenvalue weighted by molar-refractivity contribution is 6.40. The molecule has 0 spiro atoms. The summed E-state index contributed by atoms with van der Waals surface area (Å²) in [6.07, 6.45) is 1.49. The summed E-state index contributed by atoms with van der Waals surface area (Å²) < 4.78 is 5.08. The van der Waals surface area contributed by atoms with Crippen molar-refractivity contribution in [2.45, 2.75) is 0 Å². The van der Waals surface area contributed by atoms with E-state index in [-0.39, 0.29) is 5.78 Å². The van der Waals surface area contributed by atoms with Crippen LogP contribution in [0.25, 0.3) is 10.9 Å². The highest BCUT2D eigenvalue weighted by atomic mass is 35.5. The molecule has 2 aromatic carbocycles. The fourth-order valence-corrected chi connectivity index (χ4v) is 2.65. The summed E-state index contributed by atoms with van der Waals surface area (Å²) in [6.45, 7) is 0. The molecule has 22 heavy (non-hydrogen) atoms. The Morgan fingerprint density at radius 2 is 1.82 bits per heavy atom. The Labute approximate surface area is 137 Å². The van der Waals surface area contributed by atoms with E-state index in [9.17, 15) is 4.79 Å². The molecule has 3 aromatic rings. The Bertz CT molecular complexity index is 860. The molecule has 0 fully saturated rings. The van der Waals surface area contributed by atoms with Crippen LogP contribution in [-0.4, -0.2) is 17.9 Å². The molecular formula is C17H11Cl2NO2. The van der Waals surface area contributed by atoms with Gasteiger partial charge in [0, 0.05) is 22.2 Å². The van der Waals surface area contributed by atoms with Crippen LogP contribution >= 0.6 is 23.2 Å². The summed E-state index contributed by atoms with van der Waals surface area (Å²) in [7, 11) is 1.57. The number of hydrogen-bond acceptors (Lipinski definition) is 3. The molecule has 0 aliphatic heterocycles. The van der Waals surface area contributed by atoms with Crippen molar-refractivity contribution in [1.29, 1.82) is 0 Å². The zero-order valence-electron chi connectivity index (χ0n) is 11.6. The number of pyridine rings is 1. The first-order chi connectivity index (χ1) is 10.6. The van der Waals surface area contributed by atoms with E-state index in [2.05, 4.69) is 4.98 Å². The van der Waals surface area contributed by atoms with Crippen molar-refractivity contribution in [2.24, 2.45) is 0 Å². The second kappa shape index (κ2) is 5.95. The minimum absolute atomic E-state index is 0.193. The van der Waals surface area contributed by atoms with Gasteiger partial charge in [0.1, 0.15) is 5.75 Å². The second-order valence-electron chi connectivity index (χ2n) is 4.70. The average Bonchev–Trinajstić information content (AvgIpc) is 2.55. The standard InChI is InChI=1S/C17H11Cl2NO2/c1-22-12-5-2-10(3-6-12)17(21)14-9-20-15-7-4-11(18)8-13(15)16(14)19/h2-9H,1H3. The van der Waals surface area contributed by atoms with Crippen molar-refractivity contribution in [3.63, 3.8) is 0 Å². The number of fused-ring (bicyclic) bond motifs is 1. The quantitative estimate of drug-likeness (QED) is 0.648. The predicted molar refractivity (Wildman–Crippen MR) is 88.2 cm³/mol. The summed E-state index contributed by atoms with van der Waals surface area (Å²) in [6, 6.07) is 12.1. The SMILES string of the molecule is COc1ccc(C(=O)c2cnc3ccc(Cl)cc3c2Cl)cc1. The molecule has 0 atom stereocenters. The minimum Gasteiger partial charge on any atom is -0.497 e. The fraction of sp³-hybridized carbons (Fsp3) is 0.0588. The molecule has 5 heteroatoms. The first-order valence-corrected chi connectivity index (χ1v) is 7.28. The van der Waals surface area contributed by atoms with Crippen LogP contribution < -0.4 is 4.74 Å². The molecule has 0 saturated carbocycles. The van der Waals surface area contributed by atoms with Gasteiger partial charge >= 0.3 is 0 Å². The molecule has 3 nitrogen and oxygen atoms in total. The van der Waals surface area contributed by atoms with Crippen LogP contribution in [-0.2, 0) is 0 Å². The second-order valence-corrected chi connectivity index (χ2v) is 5.52. The van der Waals surface area contributed by atoms with E-state index in [0.717, 1.165) is 0 Å². The van der Waals surface area contributed by atoms with E-state index in [4.69, 9.17) is 27.9 Å². The number of nitrogens with zero attached hydrogens (tertiary/aromatic N) is 1. The third-order valence-corrected chi connectivity index (χ3v) is 4.00. The molecule has 1 aromatic heterocycles. The van der Waals surface area contributed by atoms with Gasteiger partial charge in [-0.15, -0.1) is 0 Å². The molecule has 3 rings (SSSR count). The van der Waals surface area contributed by atoms with Crippen LogP contribution in [0.3, 0.4) is 0 Å². The number of carbonyl (C=O) groups excluding carboxylic acids is 1. The maximum atomic E-state index is 12.6. The first-order valence-electron chi connectivity index (χ1n) is 6.52. The van der Waals surface area contributed by atoms with E-state index in [1.807, 2.05) is 0 Å². The molecule has 0 bridgehead atoms. The number of halogens is 2. The molecule has 0 amide bonds. The number of rotatable bonds is 3. The molecule has 0 N–H and O–H groups in total. The Hall–Kier alpha value is -2.10. The summed E-state index contributed by atoms with van der Waals surface area (Å²) in [5, 5.41) is 1.56. The number of benzene rings is 2. The van der Waals surface area contributed by atoms with Gasteiger partial charge in [-0.25, -0.2) is 0 Å². The third-order valence-electron chi connectivity index (χ3n) is 3.36. The van der Waals surface area contributed by atoms with Crippen molar-refractivity contribution in [1.82, 2.24) is 4.98 Å². The molecule has 0 aliphatic carbocycles. The van der Waals surface area contributed by atoms with Crippen molar-refractivity contribution in [2.75, 3.05) is 7.11 Å². The van der Waals surface area contributed by atoms with Gasteiger partial charge in [0.05, 0.1) is 23.2 Å². The van der Waals surface area contributed by atoms with E-state index in [1.54, 1.807) is 49.6 Å². The minimum atomic E-state index is -0.193. The van der Waals surface area contributed by atoms with E-state index < -0.39 is 0 Å². The van der Waals surface area contributed by atoms with Crippen LogP contribution in [0.4, 0.5) is 0 Å². The molecule has 0 aliphatic rings. The first kappa shape index (κ1) is 14.8. The summed E-state index contributed by atoms with van der Waals surface area (Å²) in [5.74, 6) is 0.494. The molecule has 0 radical (unpaired) electrons. The lowest BCUT2D eigenvalue weighted by Gasteiger charge is -2.07. The Morgan fingerprint density at radius 3 is 2.50 bits per heavy atom. The van der Waals surface area contributed by atoms with Crippen molar-refractivity contribution in [3.05, 3.63) is 69.8 Å². The molecule has 0 unspecified atom stereocenters. The number of aromatic nitrogens is 1. The highest BCUT2D eigenvalue weighted by Gasteiger charge is 2.16. The van der Waals surface area contributed by atoms with Crippen molar-refractivity contribution >= 4 is 39.9 Å². The lowest BCUT2D eigenvalue weighted by molar-refractivity contribution is 0.103. The van der Waals surface area contributed by atoms with Gasteiger partial charge in [0.15, 0.2) is 5.78 Å². The lowest BCUT2D eigenvalue weighted by Crippen LogP contribution is -2.03. The molecule has 110 valence electrons. The zero-order chi connectivity index (χ0) is 15.7. The Kier molecular flexibility index (Phi) is 4.01. The van der Waals surface area contributed by atoms with E-state index in [0.29, 0.717) is 37.8 Å². The van der Waals surface area contributed by atoms with Crippen molar-refractivity contribution in [3.8, 4) is 5.75 Å². The number of hydrogen-bond donors (Lipinski definition) is 0. The topological polar surface area (TPSA) is 39.2 Å². The monoisotopic (exact) mass is 331 g/mol. The number of ketones is 1. The lowest BCUT2D eigenvalue weighted by atomic mass is 10.0. The van der Waals surface area contributed by atoms with Gasteiger partial charge in [-0.2, -0.15) is 0 Å². The molecule has 0 saturated heterocycles. The largest absolute Gasteiger partial charge is 0.497 e. The van der Waals surface area contributed by atoms with Crippen LogP contribution in [0.15, 0.2) is 48.7 Å². The Balaban J connectivity index is 2.08. The van der Waals surface area contributed by atoms with Crippen molar-refractivity contribution < 1.29 is 9.53 Å². The highest BCUT2D eigenvalue weighted by Crippen LogP contribution is 2.29. The van der Waals surface area contributed by atoms with Gasteiger partial charge < -0.3 is 4.74 Å². The van der Waals surface area contributed by atoms with Crippen LogP contribution in [0.2, 0.25) is 10.0 Å². The van der Waals surface area contributed by atoms with E-state index >= 15 is 0 Å². The molecule has 1 heterocycles. The van der Waals surface area contributed by atoms with Gasteiger partial charge in [-0.3, -0.25) is 9.78 Å². The average molecular weight is 332 g/mol. The third kappa shape index (κ3) is 2.65. The maximum absolute atomic E-state index is 12.6. The number of ether oxygens (including phenoxy) is 1. The number of carbonyl (C=O) groups is 1. The van der Waals surface area contributed by atoms with Gasteiger partial charge in [0.25, 0.3) is 0 Å². The van der Waals surface area contributed by atoms with Crippen LogP contribution in [0.1, 0.15) is 15.9 Å². The summed E-state index contributed by atoms with van der Waals surface area (Å²) >= 11 is 12.4.